The lowest BCUT2D eigenvalue weighted by Gasteiger charge is -2.09. The van der Waals surface area contributed by atoms with Crippen LogP contribution in [0, 0.1) is 0 Å². The van der Waals surface area contributed by atoms with Gasteiger partial charge < -0.3 is 9.47 Å². The number of rotatable bonds is 4. The van der Waals surface area contributed by atoms with E-state index in [0.717, 1.165) is 0 Å². The Morgan fingerprint density at radius 2 is 2.05 bits per heavy atom. The van der Waals surface area contributed by atoms with Crippen LogP contribution in [0.25, 0.3) is 6.08 Å². The minimum Gasteiger partial charge on any atom is -0.463 e. The highest BCUT2D eigenvalue weighted by atomic mass is 19.4. The first-order chi connectivity index (χ1) is 8.81. The Morgan fingerprint density at radius 3 is 2.63 bits per heavy atom. The summed E-state index contributed by atoms with van der Waals surface area (Å²) in [6, 6.07) is 5.35. The van der Waals surface area contributed by atoms with Gasteiger partial charge in [0.25, 0.3) is 0 Å². The van der Waals surface area contributed by atoms with Gasteiger partial charge in [-0.1, -0.05) is 12.1 Å². The predicted octanol–water partition coefficient (Wildman–Crippen LogP) is 3.55. The van der Waals surface area contributed by atoms with Crippen LogP contribution in [-0.4, -0.2) is 18.9 Å². The Hall–Kier alpha value is -1.98. The lowest BCUT2D eigenvalue weighted by atomic mass is 10.1. The van der Waals surface area contributed by atoms with E-state index < -0.39 is 12.3 Å². The van der Waals surface area contributed by atoms with E-state index in [4.69, 9.17) is 4.74 Å². The van der Waals surface area contributed by atoms with Crippen molar-refractivity contribution in [2.75, 3.05) is 6.61 Å². The van der Waals surface area contributed by atoms with Crippen molar-refractivity contribution < 1.29 is 27.4 Å². The molecule has 0 N–H and O–H groups in total. The van der Waals surface area contributed by atoms with E-state index in [1.807, 2.05) is 0 Å². The fourth-order valence-corrected chi connectivity index (χ4v) is 1.36. The second-order valence-electron chi connectivity index (χ2n) is 3.67. The maximum Gasteiger partial charge on any atom is 0.573 e. The first-order valence-corrected chi connectivity index (χ1v) is 5.53. The van der Waals surface area contributed by atoms with Crippen molar-refractivity contribution in [3.8, 4) is 5.75 Å². The van der Waals surface area contributed by atoms with Crippen LogP contribution in [0.5, 0.6) is 5.75 Å². The Morgan fingerprint density at radius 1 is 1.37 bits per heavy atom. The van der Waals surface area contributed by atoms with Crippen LogP contribution in [0.15, 0.2) is 29.8 Å². The van der Waals surface area contributed by atoms with Crippen molar-refractivity contribution in [2.24, 2.45) is 0 Å². The third-order valence-electron chi connectivity index (χ3n) is 2.07. The average Bonchev–Trinajstić information content (AvgIpc) is 2.27. The van der Waals surface area contributed by atoms with Gasteiger partial charge in [0.1, 0.15) is 5.75 Å². The number of esters is 1. The summed E-state index contributed by atoms with van der Waals surface area (Å²) < 4.78 is 44.7. The fraction of sp³-hybridized carbons (Fsp3) is 0.308. The van der Waals surface area contributed by atoms with Crippen molar-refractivity contribution in [2.45, 2.75) is 20.2 Å². The van der Waals surface area contributed by atoms with Gasteiger partial charge in [-0.25, -0.2) is 4.79 Å². The van der Waals surface area contributed by atoms with Gasteiger partial charge in [-0.05, 0) is 37.6 Å². The summed E-state index contributed by atoms with van der Waals surface area (Å²) in [5.41, 5.74) is 0.721. The van der Waals surface area contributed by atoms with Crippen molar-refractivity contribution in [1.29, 1.82) is 0 Å². The second kappa shape index (κ2) is 6.26. The first-order valence-electron chi connectivity index (χ1n) is 5.53. The van der Waals surface area contributed by atoms with E-state index in [-0.39, 0.29) is 12.4 Å². The van der Waals surface area contributed by atoms with Crippen LogP contribution in [0.2, 0.25) is 0 Å². The quantitative estimate of drug-likeness (QED) is 0.622. The molecular weight excluding hydrogens is 261 g/mol. The van der Waals surface area contributed by atoms with E-state index in [0.29, 0.717) is 11.1 Å². The molecule has 19 heavy (non-hydrogen) atoms. The van der Waals surface area contributed by atoms with Crippen LogP contribution in [0.1, 0.15) is 19.4 Å². The molecule has 0 heterocycles. The molecule has 0 aliphatic heterocycles. The van der Waals surface area contributed by atoms with E-state index in [9.17, 15) is 18.0 Å². The molecule has 0 spiro atoms. The van der Waals surface area contributed by atoms with Gasteiger partial charge in [-0.2, -0.15) is 0 Å². The zero-order valence-electron chi connectivity index (χ0n) is 10.5. The zero-order valence-corrected chi connectivity index (χ0v) is 10.5. The minimum atomic E-state index is -4.74. The fourth-order valence-electron chi connectivity index (χ4n) is 1.36. The number of hydrogen-bond acceptors (Lipinski definition) is 3. The van der Waals surface area contributed by atoms with Gasteiger partial charge in [-0.3, -0.25) is 0 Å². The molecule has 3 nitrogen and oxygen atoms in total. The van der Waals surface area contributed by atoms with Gasteiger partial charge in [0.15, 0.2) is 0 Å². The first kappa shape index (κ1) is 15.1. The van der Waals surface area contributed by atoms with Crippen LogP contribution in [0.3, 0.4) is 0 Å². The molecule has 6 heteroatoms. The predicted molar refractivity (Wildman–Crippen MR) is 63.4 cm³/mol. The van der Waals surface area contributed by atoms with Gasteiger partial charge in [0, 0.05) is 5.57 Å². The molecule has 0 saturated carbocycles. The summed E-state index contributed by atoms with van der Waals surface area (Å²) in [7, 11) is 0. The summed E-state index contributed by atoms with van der Waals surface area (Å²) in [5.74, 6) is -0.845. The lowest BCUT2D eigenvalue weighted by molar-refractivity contribution is -0.274. The molecule has 0 bridgehead atoms. The van der Waals surface area contributed by atoms with E-state index in [1.54, 1.807) is 13.0 Å². The van der Waals surface area contributed by atoms with Crippen LogP contribution < -0.4 is 4.74 Å². The normalized spacial score (nSPS) is 12.2. The lowest BCUT2D eigenvalue weighted by Crippen LogP contribution is -2.17. The number of carbonyl (C=O) groups excluding carboxylic acids is 1. The molecule has 0 atom stereocenters. The monoisotopic (exact) mass is 274 g/mol. The minimum absolute atomic E-state index is 0.237. The molecule has 0 unspecified atom stereocenters. The third-order valence-corrected chi connectivity index (χ3v) is 2.07. The highest BCUT2D eigenvalue weighted by Gasteiger charge is 2.31. The number of halogens is 3. The molecule has 0 saturated heterocycles. The van der Waals surface area contributed by atoms with Crippen LogP contribution in [0.4, 0.5) is 13.2 Å². The molecular formula is C13H13F3O3. The molecule has 1 rings (SSSR count). The number of carbonyl (C=O) groups is 1. The maximum atomic E-state index is 12.1. The van der Waals surface area contributed by atoms with E-state index >= 15 is 0 Å². The van der Waals surface area contributed by atoms with Gasteiger partial charge in [0.05, 0.1) is 6.61 Å². The summed E-state index contributed by atoms with van der Waals surface area (Å²) in [4.78, 5) is 11.4. The van der Waals surface area contributed by atoms with Crippen molar-refractivity contribution in [3.05, 3.63) is 35.4 Å². The SMILES string of the molecule is CCOC(=O)/C(C)=C/c1cccc(OC(F)(F)F)c1. The second-order valence-corrected chi connectivity index (χ2v) is 3.67. The molecule has 0 aliphatic carbocycles. The number of alkyl halides is 3. The smallest absolute Gasteiger partial charge is 0.463 e. The molecule has 0 aliphatic rings. The Balaban J connectivity index is 2.88. The molecule has 1 aromatic carbocycles. The van der Waals surface area contributed by atoms with E-state index in [1.165, 1.54) is 31.2 Å². The summed E-state index contributed by atoms with van der Waals surface area (Å²) in [6.45, 7) is 3.43. The highest BCUT2D eigenvalue weighted by molar-refractivity contribution is 5.93. The van der Waals surface area contributed by atoms with Crippen molar-refractivity contribution >= 4 is 12.0 Å². The number of hydrogen-bond donors (Lipinski definition) is 0. The molecule has 104 valence electrons. The Kier molecular flexibility index (Phi) is 4.97. The molecule has 1 aromatic rings. The molecule has 0 radical (unpaired) electrons. The van der Waals surface area contributed by atoms with Crippen molar-refractivity contribution in [3.63, 3.8) is 0 Å². The van der Waals surface area contributed by atoms with E-state index in [2.05, 4.69) is 4.74 Å². The van der Waals surface area contributed by atoms with Gasteiger partial charge in [-0.15, -0.1) is 13.2 Å². The average molecular weight is 274 g/mol. The third kappa shape index (κ3) is 5.46. The van der Waals surface area contributed by atoms with Gasteiger partial charge in [0.2, 0.25) is 0 Å². The Labute approximate surface area is 108 Å². The maximum absolute atomic E-state index is 12.1. The number of ether oxygens (including phenoxy) is 2. The van der Waals surface area contributed by atoms with Crippen molar-refractivity contribution in [1.82, 2.24) is 0 Å². The zero-order chi connectivity index (χ0) is 14.5. The Bertz CT molecular complexity index is 478. The van der Waals surface area contributed by atoms with Crippen LogP contribution >= 0.6 is 0 Å². The molecule has 0 aromatic heterocycles. The van der Waals surface area contributed by atoms with Gasteiger partial charge >= 0.3 is 12.3 Å². The summed E-state index contributed by atoms with van der Waals surface area (Å²) >= 11 is 0. The highest BCUT2D eigenvalue weighted by Crippen LogP contribution is 2.24. The standard InChI is InChI=1S/C13H13F3O3/c1-3-18-12(17)9(2)7-10-5-4-6-11(8-10)19-13(14,15)16/h4-8H,3H2,1-2H3/b9-7+. The molecule has 0 amide bonds. The summed E-state index contributed by atoms with van der Waals surface area (Å²) in [5, 5.41) is 0. The summed E-state index contributed by atoms with van der Waals surface area (Å²) in [6.07, 6.45) is -3.31. The molecule has 0 fully saturated rings. The topological polar surface area (TPSA) is 35.5 Å². The number of benzene rings is 1. The largest absolute Gasteiger partial charge is 0.573 e. The van der Waals surface area contributed by atoms with Crippen LogP contribution in [-0.2, 0) is 9.53 Å².